The molecule has 1 heterocycles. The van der Waals surface area contributed by atoms with Gasteiger partial charge in [-0.3, -0.25) is 9.59 Å². The van der Waals surface area contributed by atoms with Gasteiger partial charge in [-0.15, -0.1) is 5.10 Å². The molecule has 0 aliphatic heterocycles. The highest BCUT2D eigenvalue weighted by atomic mass is 32.2. The number of nitrogens with one attached hydrogen (secondary N) is 2. The fraction of sp³-hybridized carbons (Fsp3) is 0.526. The van der Waals surface area contributed by atoms with E-state index in [1.54, 1.807) is 16.8 Å². The summed E-state index contributed by atoms with van der Waals surface area (Å²) in [5.41, 5.74) is 1.38. The summed E-state index contributed by atoms with van der Waals surface area (Å²) < 4.78 is 1.57. The van der Waals surface area contributed by atoms with Crippen molar-refractivity contribution < 1.29 is 9.59 Å². The van der Waals surface area contributed by atoms with E-state index in [9.17, 15) is 9.59 Å². The van der Waals surface area contributed by atoms with Crippen LogP contribution in [0.15, 0.2) is 29.4 Å². The molecule has 0 saturated heterocycles. The molecule has 28 heavy (non-hydrogen) atoms. The van der Waals surface area contributed by atoms with E-state index in [1.807, 2.05) is 19.1 Å². The lowest BCUT2D eigenvalue weighted by Crippen LogP contribution is -2.44. The van der Waals surface area contributed by atoms with E-state index in [-0.39, 0.29) is 23.1 Å². The van der Waals surface area contributed by atoms with Crippen molar-refractivity contribution in [3.8, 4) is 5.69 Å². The summed E-state index contributed by atoms with van der Waals surface area (Å²) in [6.07, 6.45) is 4.61. The molecule has 3 atom stereocenters. The number of carbonyl (C=O) groups excluding carboxylic acids is 2. The zero-order valence-electron chi connectivity index (χ0n) is 16.4. The molecule has 0 spiro atoms. The number of aromatic nitrogens is 4. The van der Waals surface area contributed by atoms with Gasteiger partial charge >= 0.3 is 0 Å². The van der Waals surface area contributed by atoms with Gasteiger partial charge in [0.1, 0.15) is 0 Å². The maximum absolute atomic E-state index is 12.6. The number of amides is 2. The minimum atomic E-state index is -0.322. The van der Waals surface area contributed by atoms with Crippen LogP contribution in [0.2, 0.25) is 0 Å². The lowest BCUT2D eigenvalue weighted by Gasteiger charge is -2.30. The van der Waals surface area contributed by atoms with E-state index in [2.05, 4.69) is 33.1 Å². The van der Waals surface area contributed by atoms with Crippen molar-refractivity contribution in [3.63, 3.8) is 0 Å². The molecular formula is C19H26N6O2S. The SMILES string of the molecule is CC(=O)Nc1cccc(-n2nnnc2SC(C)C(=O)NC2CCCCC2C)c1. The van der Waals surface area contributed by atoms with Crippen molar-refractivity contribution >= 4 is 29.3 Å². The summed E-state index contributed by atoms with van der Waals surface area (Å²) in [4.78, 5) is 23.9. The summed E-state index contributed by atoms with van der Waals surface area (Å²) >= 11 is 1.32. The van der Waals surface area contributed by atoms with Gasteiger partial charge < -0.3 is 10.6 Å². The highest BCUT2D eigenvalue weighted by Crippen LogP contribution is 2.27. The maximum atomic E-state index is 12.6. The Morgan fingerprint density at radius 1 is 1.29 bits per heavy atom. The monoisotopic (exact) mass is 402 g/mol. The van der Waals surface area contributed by atoms with Gasteiger partial charge in [0.05, 0.1) is 10.9 Å². The second-order valence-electron chi connectivity index (χ2n) is 7.24. The van der Waals surface area contributed by atoms with Gasteiger partial charge in [0.25, 0.3) is 0 Å². The fourth-order valence-electron chi connectivity index (χ4n) is 3.38. The van der Waals surface area contributed by atoms with E-state index in [4.69, 9.17) is 0 Å². The van der Waals surface area contributed by atoms with E-state index in [1.165, 1.54) is 31.5 Å². The molecule has 1 aliphatic rings. The topological polar surface area (TPSA) is 102 Å². The van der Waals surface area contributed by atoms with Crippen molar-refractivity contribution in [1.82, 2.24) is 25.5 Å². The molecule has 0 bridgehead atoms. The van der Waals surface area contributed by atoms with Gasteiger partial charge in [0.15, 0.2) is 0 Å². The average Bonchev–Trinajstić information content (AvgIpc) is 3.11. The van der Waals surface area contributed by atoms with Crippen LogP contribution in [0.3, 0.4) is 0 Å². The van der Waals surface area contributed by atoms with Crippen LogP contribution in [0, 0.1) is 5.92 Å². The van der Waals surface area contributed by atoms with Crippen LogP contribution in [0.1, 0.15) is 46.5 Å². The van der Waals surface area contributed by atoms with E-state index in [0.717, 1.165) is 12.8 Å². The van der Waals surface area contributed by atoms with Gasteiger partial charge in [-0.1, -0.05) is 37.6 Å². The average molecular weight is 403 g/mol. The minimum absolute atomic E-state index is 0.00490. The van der Waals surface area contributed by atoms with Crippen LogP contribution in [0.25, 0.3) is 5.69 Å². The lowest BCUT2D eigenvalue weighted by atomic mass is 9.86. The molecule has 8 nitrogen and oxygen atoms in total. The van der Waals surface area contributed by atoms with Gasteiger partial charge in [0, 0.05) is 18.7 Å². The molecule has 2 aromatic rings. The molecule has 2 N–H and O–H groups in total. The maximum Gasteiger partial charge on any atom is 0.233 e. The van der Waals surface area contributed by atoms with Crippen LogP contribution in [0.5, 0.6) is 0 Å². The Kier molecular flexibility index (Phi) is 6.66. The first-order chi connectivity index (χ1) is 13.4. The fourth-order valence-corrected chi connectivity index (χ4v) is 4.19. The van der Waals surface area contributed by atoms with E-state index >= 15 is 0 Å². The molecule has 9 heteroatoms. The molecule has 1 saturated carbocycles. The third-order valence-electron chi connectivity index (χ3n) is 4.94. The summed E-state index contributed by atoms with van der Waals surface area (Å²) in [6, 6.07) is 7.49. The van der Waals surface area contributed by atoms with Crippen LogP contribution >= 0.6 is 11.8 Å². The number of tetrazole rings is 1. The van der Waals surface area contributed by atoms with Gasteiger partial charge in [-0.05, 0) is 54.3 Å². The Labute approximate surface area is 168 Å². The van der Waals surface area contributed by atoms with Gasteiger partial charge in [0.2, 0.25) is 17.0 Å². The van der Waals surface area contributed by atoms with Gasteiger partial charge in [-0.25, -0.2) is 0 Å². The van der Waals surface area contributed by atoms with Crippen molar-refractivity contribution in [1.29, 1.82) is 0 Å². The molecule has 0 radical (unpaired) electrons. The quantitative estimate of drug-likeness (QED) is 0.721. The van der Waals surface area contributed by atoms with Crippen molar-refractivity contribution in [3.05, 3.63) is 24.3 Å². The van der Waals surface area contributed by atoms with Crippen LogP contribution in [0.4, 0.5) is 5.69 Å². The molecule has 1 aliphatic carbocycles. The predicted octanol–water partition coefficient (Wildman–Crippen LogP) is 2.80. The number of hydrogen-bond donors (Lipinski definition) is 2. The van der Waals surface area contributed by atoms with Crippen LogP contribution in [-0.2, 0) is 9.59 Å². The zero-order valence-corrected chi connectivity index (χ0v) is 17.2. The smallest absolute Gasteiger partial charge is 0.233 e. The third kappa shape index (κ3) is 5.09. The number of hydrogen-bond acceptors (Lipinski definition) is 6. The second kappa shape index (κ2) is 9.18. The van der Waals surface area contributed by atoms with Crippen LogP contribution in [-0.4, -0.2) is 43.3 Å². The Hall–Kier alpha value is -2.42. The molecular weight excluding hydrogens is 376 g/mol. The molecule has 1 fully saturated rings. The van der Waals surface area contributed by atoms with E-state index < -0.39 is 0 Å². The first-order valence-corrected chi connectivity index (χ1v) is 10.5. The third-order valence-corrected chi connectivity index (χ3v) is 5.98. The normalized spacial score (nSPS) is 20.4. The Morgan fingerprint density at radius 2 is 2.07 bits per heavy atom. The number of carbonyl (C=O) groups is 2. The molecule has 3 unspecified atom stereocenters. The number of nitrogens with zero attached hydrogens (tertiary/aromatic N) is 4. The van der Waals surface area contributed by atoms with Crippen molar-refractivity contribution in [2.45, 2.75) is 62.9 Å². The molecule has 150 valence electrons. The number of rotatable bonds is 6. The second-order valence-corrected chi connectivity index (χ2v) is 8.55. The Balaban J connectivity index is 1.68. The molecule has 1 aromatic heterocycles. The molecule has 2 amide bonds. The molecule has 3 rings (SSSR count). The largest absolute Gasteiger partial charge is 0.352 e. The predicted molar refractivity (Wildman–Crippen MR) is 108 cm³/mol. The van der Waals surface area contributed by atoms with Crippen molar-refractivity contribution in [2.24, 2.45) is 5.92 Å². The first-order valence-electron chi connectivity index (χ1n) is 9.57. The highest BCUT2D eigenvalue weighted by molar-refractivity contribution is 8.00. The Bertz CT molecular complexity index is 839. The molecule has 1 aromatic carbocycles. The van der Waals surface area contributed by atoms with Gasteiger partial charge in [-0.2, -0.15) is 4.68 Å². The number of thioether (sulfide) groups is 1. The summed E-state index contributed by atoms with van der Waals surface area (Å²) in [5.74, 6) is 0.368. The standard InChI is InChI=1S/C19H26N6O2S/c1-12-7-4-5-10-17(12)21-18(27)13(2)28-19-22-23-24-25(19)16-9-6-8-15(11-16)20-14(3)26/h6,8-9,11-13,17H,4-5,7,10H2,1-3H3,(H,20,26)(H,21,27). The summed E-state index contributed by atoms with van der Waals surface area (Å²) in [7, 11) is 0. The van der Waals surface area contributed by atoms with Crippen molar-refractivity contribution in [2.75, 3.05) is 5.32 Å². The number of benzene rings is 1. The number of anilines is 1. The van der Waals surface area contributed by atoms with Crippen LogP contribution < -0.4 is 10.6 Å². The first kappa shape index (κ1) is 20.3. The lowest BCUT2D eigenvalue weighted by molar-refractivity contribution is -0.121. The summed E-state index contributed by atoms with van der Waals surface area (Å²) in [6.45, 7) is 5.52. The minimum Gasteiger partial charge on any atom is -0.352 e. The zero-order chi connectivity index (χ0) is 20.1. The highest BCUT2D eigenvalue weighted by Gasteiger charge is 2.26. The Morgan fingerprint density at radius 3 is 2.82 bits per heavy atom. The summed E-state index contributed by atoms with van der Waals surface area (Å²) in [5, 5.41) is 18.0. The van der Waals surface area contributed by atoms with E-state index in [0.29, 0.717) is 22.4 Å².